The van der Waals surface area contributed by atoms with Gasteiger partial charge in [-0.15, -0.1) is 12.4 Å². The van der Waals surface area contributed by atoms with Crippen molar-refractivity contribution in [2.75, 3.05) is 18.4 Å². The second kappa shape index (κ2) is 8.33. The van der Waals surface area contributed by atoms with Crippen LogP contribution in [0.4, 0.5) is 5.69 Å². The van der Waals surface area contributed by atoms with E-state index in [2.05, 4.69) is 24.4 Å². The number of nitrogens with one attached hydrogen (secondary N) is 1. The molecule has 4 rings (SSSR count). The second-order valence-corrected chi connectivity index (χ2v) is 7.78. The van der Waals surface area contributed by atoms with Crippen molar-refractivity contribution in [2.24, 2.45) is 17.6 Å². The molecule has 28 heavy (non-hydrogen) atoms. The normalized spacial score (nSPS) is 25.7. The average Bonchev–Trinajstić information content (AvgIpc) is 3.30. The Labute approximate surface area is 171 Å². The molecular formula is C22H26ClN3O2. The lowest BCUT2D eigenvalue weighted by atomic mass is 9.95. The van der Waals surface area contributed by atoms with Gasteiger partial charge >= 0.3 is 0 Å². The highest BCUT2D eigenvalue weighted by atomic mass is 35.5. The highest BCUT2D eigenvalue weighted by molar-refractivity contribution is 5.97. The zero-order valence-electron chi connectivity index (χ0n) is 15.9. The third-order valence-corrected chi connectivity index (χ3v) is 5.73. The molecule has 2 aromatic rings. The fourth-order valence-electron chi connectivity index (χ4n) is 3.85. The third-order valence-electron chi connectivity index (χ3n) is 5.73. The Morgan fingerprint density at radius 2 is 1.68 bits per heavy atom. The van der Waals surface area contributed by atoms with Crippen molar-refractivity contribution in [2.45, 2.75) is 25.3 Å². The fourth-order valence-corrected chi connectivity index (χ4v) is 3.85. The average molecular weight is 400 g/mol. The minimum atomic E-state index is -0.0598. The molecule has 3 N–H and O–H groups in total. The first-order valence-electron chi connectivity index (χ1n) is 9.53. The first-order valence-corrected chi connectivity index (χ1v) is 9.53. The Bertz CT molecular complexity index is 841. The highest BCUT2D eigenvalue weighted by Gasteiger charge is 2.39. The Morgan fingerprint density at radius 3 is 2.29 bits per heavy atom. The summed E-state index contributed by atoms with van der Waals surface area (Å²) < 4.78 is 0. The van der Waals surface area contributed by atoms with Gasteiger partial charge in [-0.25, -0.2) is 0 Å². The van der Waals surface area contributed by atoms with Crippen molar-refractivity contribution < 1.29 is 9.59 Å². The van der Waals surface area contributed by atoms with Gasteiger partial charge in [-0.3, -0.25) is 9.59 Å². The summed E-state index contributed by atoms with van der Waals surface area (Å²) in [7, 11) is 0. The molecule has 6 heteroatoms. The summed E-state index contributed by atoms with van der Waals surface area (Å²) >= 11 is 0. The second-order valence-electron chi connectivity index (χ2n) is 7.78. The first kappa shape index (κ1) is 20.4. The van der Waals surface area contributed by atoms with E-state index in [0.717, 1.165) is 12.1 Å². The molecule has 1 saturated heterocycles. The van der Waals surface area contributed by atoms with Crippen LogP contribution < -0.4 is 11.1 Å². The van der Waals surface area contributed by atoms with Gasteiger partial charge in [-0.05, 0) is 42.2 Å². The van der Waals surface area contributed by atoms with Crippen molar-refractivity contribution in [3.63, 3.8) is 0 Å². The lowest BCUT2D eigenvalue weighted by Gasteiger charge is -2.17. The molecule has 1 heterocycles. The molecule has 2 fully saturated rings. The summed E-state index contributed by atoms with van der Waals surface area (Å²) in [4.78, 5) is 26.7. The zero-order chi connectivity index (χ0) is 19.0. The van der Waals surface area contributed by atoms with E-state index in [1.54, 1.807) is 24.3 Å². The molecule has 1 aliphatic carbocycles. The van der Waals surface area contributed by atoms with Crippen molar-refractivity contribution in [3.8, 4) is 0 Å². The van der Waals surface area contributed by atoms with E-state index in [1.165, 1.54) is 5.56 Å². The van der Waals surface area contributed by atoms with E-state index in [0.29, 0.717) is 24.6 Å². The number of benzene rings is 2. The summed E-state index contributed by atoms with van der Waals surface area (Å²) in [5, 5.41) is 2.92. The Balaban J connectivity index is 0.00000225. The van der Waals surface area contributed by atoms with Gasteiger partial charge < -0.3 is 16.0 Å². The molecule has 2 aromatic carbocycles. The molecule has 0 aromatic heterocycles. The molecule has 148 valence electrons. The molecule has 0 spiro atoms. The summed E-state index contributed by atoms with van der Waals surface area (Å²) in [6.45, 7) is 3.26. The van der Waals surface area contributed by atoms with Crippen molar-refractivity contribution in [1.29, 1.82) is 0 Å². The maximum Gasteiger partial charge on any atom is 0.253 e. The number of hydrogen-bond donors (Lipinski definition) is 2. The largest absolute Gasteiger partial charge is 0.336 e. The van der Waals surface area contributed by atoms with Crippen molar-refractivity contribution >= 4 is 29.9 Å². The van der Waals surface area contributed by atoms with E-state index < -0.39 is 0 Å². The summed E-state index contributed by atoms with van der Waals surface area (Å²) in [6, 6.07) is 17.2. The van der Waals surface area contributed by atoms with Crippen LogP contribution in [0.1, 0.15) is 35.2 Å². The van der Waals surface area contributed by atoms with E-state index >= 15 is 0 Å². The number of halogens is 1. The zero-order valence-corrected chi connectivity index (χ0v) is 16.7. The van der Waals surface area contributed by atoms with Crippen LogP contribution >= 0.6 is 12.4 Å². The predicted octanol–water partition coefficient (Wildman–Crippen LogP) is 3.27. The molecular weight excluding hydrogens is 374 g/mol. The molecule has 1 aliphatic heterocycles. The minimum absolute atomic E-state index is 0. The number of nitrogens with two attached hydrogens (primary N) is 1. The van der Waals surface area contributed by atoms with Crippen LogP contribution in [-0.4, -0.2) is 35.8 Å². The smallest absolute Gasteiger partial charge is 0.253 e. The van der Waals surface area contributed by atoms with E-state index in [1.807, 2.05) is 23.1 Å². The number of rotatable bonds is 4. The Morgan fingerprint density at radius 1 is 1.04 bits per heavy atom. The van der Waals surface area contributed by atoms with Gasteiger partial charge in [0.25, 0.3) is 5.91 Å². The molecule has 4 atom stereocenters. The maximum absolute atomic E-state index is 12.8. The van der Waals surface area contributed by atoms with Crippen LogP contribution in [0.5, 0.6) is 0 Å². The van der Waals surface area contributed by atoms with Crippen LogP contribution in [-0.2, 0) is 4.79 Å². The summed E-state index contributed by atoms with van der Waals surface area (Å²) in [6.07, 6.45) is 0.959. The molecule has 0 radical (unpaired) electrons. The number of hydrogen-bond acceptors (Lipinski definition) is 3. The van der Waals surface area contributed by atoms with Crippen LogP contribution in [0.2, 0.25) is 0 Å². The number of amides is 2. The maximum atomic E-state index is 12.8. The fraction of sp³-hybridized carbons (Fsp3) is 0.364. The Hall–Kier alpha value is -2.37. The first-order chi connectivity index (χ1) is 13.0. The number of carbonyl (C=O) groups excluding carboxylic acids is 2. The number of likely N-dealkylation sites (tertiary alicyclic amines) is 1. The summed E-state index contributed by atoms with van der Waals surface area (Å²) in [5.41, 5.74) is 8.83. The van der Waals surface area contributed by atoms with Crippen LogP contribution in [0, 0.1) is 11.8 Å². The highest BCUT2D eigenvalue weighted by Crippen LogP contribution is 2.38. The monoisotopic (exact) mass is 399 g/mol. The van der Waals surface area contributed by atoms with Crippen LogP contribution in [0.15, 0.2) is 54.6 Å². The number of anilines is 1. The van der Waals surface area contributed by atoms with E-state index in [9.17, 15) is 9.59 Å². The Kier molecular flexibility index (Phi) is 6.06. The van der Waals surface area contributed by atoms with Gasteiger partial charge in [-0.1, -0.05) is 37.3 Å². The van der Waals surface area contributed by atoms with E-state index in [-0.39, 0.29) is 42.1 Å². The molecule has 2 amide bonds. The third kappa shape index (κ3) is 4.21. The van der Waals surface area contributed by atoms with Crippen LogP contribution in [0.3, 0.4) is 0 Å². The molecule has 0 bridgehead atoms. The SMILES string of the molecule is CC1CC1C(=O)Nc1ccc(C(=O)N2C[C@@H](N)[C@H](c3ccccc3)C2)cc1.Cl. The molecule has 2 unspecified atom stereocenters. The predicted molar refractivity (Wildman–Crippen MR) is 113 cm³/mol. The minimum Gasteiger partial charge on any atom is -0.336 e. The number of carbonyl (C=O) groups is 2. The topological polar surface area (TPSA) is 75.4 Å². The van der Waals surface area contributed by atoms with Crippen molar-refractivity contribution in [3.05, 3.63) is 65.7 Å². The van der Waals surface area contributed by atoms with Gasteiger partial charge in [0.15, 0.2) is 0 Å². The number of nitrogens with zero attached hydrogens (tertiary/aromatic N) is 1. The molecule has 1 saturated carbocycles. The lowest BCUT2D eigenvalue weighted by molar-refractivity contribution is -0.117. The van der Waals surface area contributed by atoms with Crippen molar-refractivity contribution in [1.82, 2.24) is 4.90 Å². The van der Waals surface area contributed by atoms with Gasteiger partial charge in [0.05, 0.1) is 0 Å². The lowest BCUT2D eigenvalue weighted by Crippen LogP contribution is -2.32. The van der Waals surface area contributed by atoms with Gasteiger partial charge in [0.2, 0.25) is 5.91 Å². The summed E-state index contributed by atoms with van der Waals surface area (Å²) in [5.74, 6) is 0.819. The molecule has 5 nitrogen and oxygen atoms in total. The molecule has 2 aliphatic rings. The van der Waals surface area contributed by atoms with E-state index in [4.69, 9.17) is 5.73 Å². The standard InChI is InChI=1S/C22H25N3O2.ClH/c1-14-11-18(14)21(26)24-17-9-7-16(8-10-17)22(27)25-12-19(20(23)13-25)15-5-3-2-4-6-15;/h2-10,14,18-20H,11-13,23H2,1H3,(H,24,26);1H/t14?,18?,19-,20+;/m0./s1. The van der Waals surface area contributed by atoms with Gasteiger partial charge in [-0.2, -0.15) is 0 Å². The quantitative estimate of drug-likeness (QED) is 0.828. The van der Waals surface area contributed by atoms with Gasteiger partial charge in [0, 0.05) is 42.2 Å². The van der Waals surface area contributed by atoms with Crippen LogP contribution in [0.25, 0.3) is 0 Å². The van der Waals surface area contributed by atoms with Gasteiger partial charge in [0.1, 0.15) is 0 Å².